The first kappa shape index (κ1) is 20.7. The maximum absolute atomic E-state index is 5.28. The van der Waals surface area contributed by atoms with Gasteiger partial charge in [-0.2, -0.15) is 5.10 Å². The van der Waals surface area contributed by atoms with Gasteiger partial charge < -0.3 is 24.1 Å². The summed E-state index contributed by atoms with van der Waals surface area (Å²) in [6.45, 7) is 5.61. The van der Waals surface area contributed by atoms with Gasteiger partial charge in [-0.3, -0.25) is 5.43 Å². The molecule has 2 rings (SSSR count). The lowest BCUT2D eigenvalue weighted by Crippen LogP contribution is -2.23. The number of methoxy groups -OCH3 is 3. The van der Waals surface area contributed by atoms with Crippen LogP contribution in [0.2, 0.25) is 0 Å². The van der Waals surface area contributed by atoms with Crippen molar-refractivity contribution >= 4 is 29.2 Å². The molecule has 0 saturated carbocycles. The third-order valence-electron chi connectivity index (χ3n) is 4.14. The summed E-state index contributed by atoms with van der Waals surface area (Å²) in [5.41, 5.74) is 6.93. The predicted molar refractivity (Wildman–Crippen MR) is 112 cm³/mol. The fraction of sp³-hybridized carbons (Fsp3) is 0.368. The van der Waals surface area contributed by atoms with Gasteiger partial charge in [0.05, 0.1) is 27.0 Å². The number of aryl methyl sites for hydroxylation is 1. The Bertz CT molecular complexity index is 818. The molecule has 0 atom stereocenters. The van der Waals surface area contributed by atoms with E-state index in [1.54, 1.807) is 33.6 Å². The van der Waals surface area contributed by atoms with Crippen molar-refractivity contribution in [1.29, 1.82) is 0 Å². The molecule has 1 heterocycles. The van der Waals surface area contributed by atoms with Crippen molar-refractivity contribution in [1.82, 2.24) is 9.99 Å². The molecule has 0 radical (unpaired) electrons. The number of anilines is 1. The Morgan fingerprint density at radius 1 is 1.15 bits per heavy atom. The van der Waals surface area contributed by atoms with Crippen molar-refractivity contribution in [3.05, 3.63) is 41.2 Å². The first-order chi connectivity index (χ1) is 13.0. The number of nitrogens with one attached hydrogen (secondary N) is 2. The summed E-state index contributed by atoms with van der Waals surface area (Å²) in [6, 6.07) is 7.55. The van der Waals surface area contributed by atoms with Gasteiger partial charge in [-0.1, -0.05) is 0 Å². The molecule has 1 aromatic carbocycles. The van der Waals surface area contributed by atoms with E-state index in [4.69, 9.17) is 26.4 Å². The van der Waals surface area contributed by atoms with Crippen molar-refractivity contribution in [2.24, 2.45) is 5.10 Å². The molecule has 0 bridgehead atoms. The van der Waals surface area contributed by atoms with Crippen LogP contribution in [0, 0.1) is 13.8 Å². The van der Waals surface area contributed by atoms with Crippen molar-refractivity contribution in [3.8, 4) is 11.5 Å². The molecule has 2 N–H and O–H groups in total. The van der Waals surface area contributed by atoms with Crippen LogP contribution in [0.3, 0.4) is 0 Å². The van der Waals surface area contributed by atoms with Crippen molar-refractivity contribution in [3.63, 3.8) is 0 Å². The molecular weight excluding hydrogens is 364 g/mol. The number of thiocarbonyl (C=S) groups is 1. The first-order valence-electron chi connectivity index (χ1n) is 8.48. The van der Waals surface area contributed by atoms with Crippen LogP contribution in [0.4, 0.5) is 5.69 Å². The number of benzene rings is 1. The van der Waals surface area contributed by atoms with E-state index in [1.807, 2.05) is 12.1 Å². The average molecular weight is 391 g/mol. The van der Waals surface area contributed by atoms with Crippen LogP contribution >= 0.6 is 12.2 Å². The van der Waals surface area contributed by atoms with Crippen LogP contribution in [-0.4, -0.2) is 43.8 Å². The van der Waals surface area contributed by atoms with Crippen LogP contribution in [0.25, 0.3) is 0 Å². The zero-order valence-corrected chi connectivity index (χ0v) is 17.1. The molecular formula is C19H26N4O3S. The standard InChI is InChI=1S/C19H26N4O3S/c1-13-10-15(14(2)23(13)8-9-24-3)12-20-22-19(27)21-16-6-7-17(25-4)18(11-16)26-5/h6-7,10-12H,8-9H2,1-5H3,(H2,21,22,27). The van der Waals surface area contributed by atoms with Gasteiger partial charge in [-0.15, -0.1) is 0 Å². The minimum absolute atomic E-state index is 0.381. The highest BCUT2D eigenvalue weighted by Crippen LogP contribution is 2.29. The summed E-state index contributed by atoms with van der Waals surface area (Å²) >= 11 is 5.28. The molecule has 8 heteroatoms. The lowest BCUT2D eigenvalue weighted by molar-refractivity contribution is 0.186. The van der Waals surface area contributed by atoms with Gasteiger partial charge in [0, 0.05) is 42.4 Å². The van der Waals surface area contributed by atoms with E-state index >= 15 is 0 Å². The largest absolute Gasteiger partial charge is 0.493 e. The van der Waals surface area contributed by atoms with Crippen LogP contribution in [-0.2, 0) is 11.3 Å². The molecule has 2 aromatic rings. The monoisotopic (exact) mass is 390 g/mol. The van der Waals surface area contributed by atoms with E-state index in [0.29, 0.717) is 23.2 Å². The SMILES string of the molecule is COCCn1c(C)cc(C=NNC(=S)Nc2ccc(OC)c(OC)c2)c1C. The van der Waals surface area contributed by atoms with Crippen molar-refractivity contribution < 1.29 is 14.2 Å². The molecule has 0 amide bonds. The molecule has 0 aliphatic rings. The van der Waals surface area contributed by atoms with E-state index in [9.17, 15) is 0 Å². The fourth-order valence-corrected chi connectivity index (χ4v) is 2.89. The predicted octanol–water partition coefficient (Wildman–Crippen LogP) is 3.09. The van der Waals surface area contributed by atoms with E-state index < -0.39 is 0 Å². The Labute approximate surface area is 165 Å². The third-order valence-corrected chi connectivity index (χ3v) is 4.34. The van der Waals surface area contributed by atoms with Crippen LogP contribution in [0.15, 0.2) is 29.4 Å². The van der Waals surface area contributed by atoms with Gasteiger partial charge in [0.1, 0.15) is 0 Å². The Hall–Kier alpha value is -2.58. The summed E-state index contributed by atoms with van der Waals surface area (Å²) < 4.78 is 17.9. The highest BCUT2D eigenvalue weighted by molar-refractivity contribution is 7.80. The summed E-state index contributed by atoms with van der Waals surface area (Å²) in [5.74, 6) is 1.28. The van der Waals surface area contributed by atoms with E-state index in [1.165, 1.54) is 0 Å². The molecule has 27 heavy (non-hydrogen) atoms. The molecule has 0 aliphatic carbocycles. The Balaban J connectivity index is 1.97. The molecule has 0 fully saturated rings. The Kier molecular flexibility index (Phi) is 7.63. The minimum Gasteiger partial charge on any atom is -0.493 e. The van der Waals surface area contributed by atoms with Crippen molar-refractivity contribution in [2.45, 2.75) is 20.4 Å². The molecule has 0 spiro atoms. The number of hydrogen-bond acceptors (Lipinski definition) is 5. The quantitative estimate of drug-likeness (QED) is 0.410. The number of hydrogen-bond donors (Lipinski definition) is 2. The average Bonchev–Trinajstić information content (AvgIpc) is 2.93. The fourth-order valence-electron chi connectivity index (χ4n) is 2.72. The van der Waals surface area contributed by atoms with Gasteiger partial charge in [0.15, 0.2) is 16.6 Å². The molecule has 0 unspecified atom stereocenters. The second-order valence-electron chi connectivity index (χ2n) is 5.86. The summed E-state index contributed by atoms with van der Waals surface area (Å²) in [5, 5.41) is 7.67. The van der Waals surface area contributed by atoms with Gasteiger partial charge in [0.25, 0.3) is 0 Å². The number of nitrogens with zero attached hydrogens (tertiary/aromatic N) is 2. The summed E-state index contributed by atoms with van der Waals surface area (Å²) in [6.07, 6.45) is 1.76. The highest BCUT2D eigenvalue weighted by atomic mass is 32.1. The topological polar surface area (TPSA) is 69.0 Å². The smallest absolute Gasteiger partial charge is 0.191 e. The lowest BCUT2D eigenvalue weighted by Gasteiger charge is -2.11. The van der Waals surface area contributed by atoms with Gasteiger partial charge in [0.2, 0.25) is 0 Å². The maximum atomic E-state index is 5.28. The molecule has 0 aliphatic heterocycles. The van der Waals surface area contributed by atoms with E-state index in [-0.39, 0.29) is 0 Å². The second-order valence-corrected chi connectivity index (χ2v) is 6.27. The first-order valence-corrected chi connectivity index (χ1v) is 8.88. The van der Waals surface area contributed by atoms with E-state index in [2.05, 4.69) is 40.3 Å². The molecule has 146 valence electrons. The number of aromatic nitrogens is 1. The van der Waals surface area contributed by atoms with Gasteiger partial charge >= 0.3 is 0 Å². The summed E-state index contributed by atoms with van der Waals surface area (Å²) in [7, 11) is 4.89. The number of rotatable bonds is 8. The number of hydrazone groups is 1. The Morgan fingerprint density at radius 2 is 1.89 bits per heavy atom. The molecule has 7 nitrogen and oxygen atoms in total. The molecule has 1 aromatic heterocycles. The molecule has 0 saturated heterocycles. The maximum Gasteiger partial charge on any atom is 0.191 e. The van der Waals surface area contributed by atoms with Crippen LogP contribution < -0.4 is 20.2 Å². The third kappa shape index (κ3) is 5.45. The zero-order chi connectivity index (χ0) is 19.8. The summed E-state index contributed by atoms with van der Waals surface area (Å²) in [4.78, 5) is 0. The van der Waals surface area contributed by atoms with Crippen LogP contribution in [0.1, 0.15) is 17.0 Å². The van der Waals surface area contributed by atoms with Gasteiger partial charge in [-0.05, 0) is 44.3 Å². The normalized spacial score (nSPS) is 10.9. The van der Waals surface area contributed by atoms with Gasteiger partial charge in [-0.25, -0.2) is 0 Å². The second kappa shape index (κ2) is 9.94. The highest BCUT2D eigenvalue weighted by Gasteiger charge is 2.08. The minimum atomic E-state index is 0.381. The van der Waals surface area contributed by atoms with Crippen molar-refractivity contribution in [2.75, 3.05) is 33.3 Å². The zero-order valence-electron chi connectivity index (χ0n) is 16.3. The van der Waals surface area contributed by atoms with E-state index in [0.717, 1.165) is 29.2 Å². The lowest BCUT2D eigenvalue weighted by atomic mass is 10.3. The Morgan fingerprint density at radius 3 is 2.56 bits per heavy atom. The number of ether oxygens (including phenoxy) is 3. The van der Waals surface area contributed by atoms with Crippen LogP contribution in [0.5, 0.6) is 11.5 Å².